The van der Waals surface area contributed by atoms with E-state index in [1.807, 2.05) is 36.1 Å². The van der Waals surface area contributed by atoms with Crippen molar-refractivity contribution in [3.8, 4) is 16.2 Å². The second kappa shape index (κ2) is 6.95. The van der Waals surface area contributed by atoms with Crippen LogP contribution in [0.3, 0.4) is 0 Å². The molecule has 128 valence electrons. The predicted octanol–water partition coefficient (Wildman–Crippen LogP) is 3.62. The number of likely N-dealkylation sites (tertiary alicyclic amines) is 1. The molecule has 1 aliphatic rings. The summed E-state index contributed by atoms with van der Waals surface area (Å²) in [5, 5.41) is 0. The Morgan fingerprint density at radius 2 is 2.12 bits per heavy atom. The molecule has 2 N–H and O–H groups in total. The number of rotatable bonds is 5. The van der Waals surface area contributed by atoms with Crippen LogP contribution in [0.4, 0.5) is 0 Å². The third-order valence-corrected chi connectivity index (χ3v) is 5.74. The average molecular weight is 344 g/mol. The molecule has 1 fully saturated rings. The molecule has 1 aromatic carbocycles. The maximum atomic E-state index is 13.0. The molecule has 1 saturated heterocycles. The molecule has 1 unspecified atom stereocenters. The van der Waals surface area contributed by atoms with Gasteiger partial charge in [0.15, 0.2) is 0 Å². The highest BCUT2D eigenvalue weighted by Gasteiger charge is 2.36. The second-order valence-electron chi connectivity index (χ2n) is 6.59. The quantitative estimate of drug-likeness (QED) is 0.901. The van der Waals surface area contributed by atoms with E-state index in [-0.39, 0.29) is 11.3 Å². The van der Waals surface area contributed by atoms with E-state index in [1.165, 1.54) is 11.3 Å². The number of amides is 1. The summed E-state index contributed by atoms with van der Waals surface area (Å²) in [5.41, 5.74) is 7.00. The molecule has 0 radical (unpaired) electrons. The standard InChI is InChI=1S/C19H24N2O2S/c1-3-23-15-11-16(14-7-5-4-6-8-14)24-17(15)18(22)21-10-9-19(2,12-20)13-21/h4-8,11H,3,9-10,12-13,20H2,1-2H3. The Labute approximate surface area is 147 Å². The SMILES string of the molecule is CCOc1cc(-c2ccccc2)sc1C(=O)N1CCC(C)(CN)C1. The van der Waals surface area contributed by atoms with Crippen LogP contribution in [0, 0.1) is 5.41 Å². The summed E-state index contributed by atoms with van der Waals surface area (Å²) in [6.07, 6.45) is 0.954. The Kier molecular flexibility index (Phi) is 4.92. The first-order valence-corrected chi connectivity index (χ1v) is 9.19. The number of carbonyl (C=O) groups is 1. The summed E-state index contributed by atoms with van der Waals surface area (Å²) in [6, 6.07) is 12.1. The van der Waals surface area contributed by atoms with Crippen molar-refractivity contribution >= 4 is 17.2 Å². The first-order chi connectivity index (χ1) is 11.6. The number of thiophene rings is 1. The van der Waals surface area contributed by atoms with Gasteiger partial charge in [-0.05, 0) is 36.9 Å². The average Bonchev–Trinajstić information content (AvgIpc) is 3.20. The van der Waals surface area contributed by atoms with Gasteiger partial charge in [0.05, 0.1) is 6.61 Å². The first-order valence-electron chi connectivity index (χ1n) is 8.38. The Hall–Kier alpha value is -1.85. The molecule has 0 saturated carbocycles. The minimum absolute atomic E-state index is 0.0287. The molecule has 2 heterocycles. The van der Waals surface area contributed by atoms with E-state index < -0.39 is 0 Å². The van der Waals surface area contributed by atoms with Gasteiger partial charge in [-0.25, -0.2) is 0 Å². The molecule has 0 aliphatic carbocycles. The zero-order chi connectivity index (χ0) is 17.2. The van der Waals surface area contributed by atoms with Crippen LogP contribution in [0.5, 0.6) is 5.75 Å². The predicted molar refractivity (Wildman–Crippen MR) is 98.6 cm³/mol. The lowest BCUT2D eigenvalue weighted by Crippen LogP contribution is -2.34. The topological polar surface area (TPSA) is 55.6 Å². The minimum Gasteiger partial charge on any atom is -0.492 e. The highest BCUT2D eigenvalue weighted by molar-refractivity contribution is 7.17. The fourth-order valence-electron chi connectivity index (χ4n) is 3.04. The van der Waals surface area contributed by atoms with Gasteiger partial charge in [-0.1, -0.05) is 37.3 Å². The molecule has 4 nitrogen and oxygen atoms in total. The van der Waals surface area contributed by atoms with Gasteiger partial charge in [0.25, 0.3) is 5.91 Å². The number of carbonyl (C=O) groups excluding carboxylic acids is 1. The molecule has 1 aliphatic heterocycles. The molecule has 1 atom stereocenters. The fourth-order valence-corrected chi connectivity index (χ4v) is 4.11. The molecule has 2 aromatic rings. The van der Waals surface area contributed by atoms with Crippen LogP contribution in [-0.2, 0) is 0 Å². The molecule has 5 heteroatoms. The number of hydrogen-bond donors (Lipinski definition) is 1. The Morgan fingerprint density at radius 1 is 1.38 bits per heavy atom. The smallest absolute Gasteiger partial charge is 0.267 e. The van der Waals surface area contributed by atoms with Crippen molar-refractivity contribution in [1.82, 2.24) is 4.90 Å². The maximum Gasteiger partial charge on any atom is 0.267 e. The van der Waals surface area contributed by atoms with Crippen LogP contribution >= 0.6 is 11.3 Å². The van der Waals surface area contributed by atoms with E-state index in [4.69, 9.17) is 10.5 Å². The highest BCUT2D eigenvalue weighted by Crippen LogP contribution is 2.39. The lowest BCUT2D eigenvalue weighted by Gasteiger charge is -2.22. The van der Waals surface area contributed by atoms with Crippen LogP contribution in [0.15, 0.2) is 36.4 Å². The number of nitrogens with two attached hydrogens (primary N) is 1. The Bertz CT molecular complexity index is 713. The second-order valence-corrected chi connectivity index (χ2v) is 7.65. The maximum absolute atomic E-state index is 13.0. The zero-order valence-corrected chi connectivity index (χ0v) is 15.1. The zero-order valence-electron chi connectivity index (χ0n) is 14.2. The van der Waals surface area contributed by atoms with Crippen LogP contribution < -0.4 is 10.5 Å². The van der Waals surface area contributed by atoms with Gasteiger partial charge < -0.3 is 15.4 Å². The summed E-state index contributed by atoms with van der Waals surface area (Å²) >= 11 is 1.51. The highest BCUT2D eigenvalue weighted by atomic mass is 32.1. The largest absolute Gasteiger partial charge is 0.492 e. The van der Waals surface area contributed by atoms with Gasteiger partial charge >= 0.3 is 0 Å². The van der Waals surface area contributed by atoms with Crippen LogP contribution in [0.25, 0.3) is 10.4 Å². The van der Waals surface area contributed by atoms with Crippen molar-refractivity contribution in [2.75, 3.05) is 26.2 Å². The first kappa shape index (κ1) is 17.0. The molecule has 3 rings (SSSR count). The fraction of sp³-hybridized carbons (Fsp3) is 0.421. The lowest BCUT2D eigenvalue weighted by atomic mass is 9.90. The van der Waals surface area contributed by atoms with E-state index in [2.05, 4.69) is 19.1 Å². The van der Waals surface area contributed by atoms with E-state index >= 15 is 0 Å². The van der Waals surface area contributed by atoms with Crippen LogP contribution in [0.2, 0.25) is 0 Å². The summed E-state index contributed by atoms with van der Waals surface area (Å²) in [5.74, 6) is 0.746. The molecular weight excluding hydrogens is 320 g/mol. The van der Waals surface area contributed by atoms with E-state index in [0.29, 0.717) is 30.3 Å². The molecule has 0 bridgehead atoms. The molecular formula is C19H24N2O2S. The molecule has 0 spiro atoms. The molecule has 1 aromatic heterocycles. The van der Waals surface area contributed by atoms with Gasteiger partial charge in [0, 0.05) is 18.0 Å². The Balaban J connectivity index is 1.89. The van der Waals surface area contributed by atoms with Crippen molar-refractivity contribution in [3.63, 3.8) is 0 Å². The molecule has 24 heavy (non-hydrogen) atoms. The van der Waals surface area contributed by atoms with Crippen LogP contribution in [0.1, 0.15) is 29.9 Å². The number of hydrogen-bond acceptors (Lipinski definition) is 4. The minimum atomic E-state index is 0.0287. The van der Waals surface area contributed by atoms with Crippen molar-refractivity contribution in [2.24, 2.45) is 11.1 Å². The molecule has 1 amide bonds. The normalized spacial score (nSPS) is 20.4. The lowest BCUT2D eigenvalue weighted by molar-refractivity contribution is 0.0778. The summed E-state index contributed by atoms with van der Waals surface area (Å²) in [6.45, 7) is 6.71. The van der Waals surface area contributed by atoms with Gasteiger partial charge in [0.2, 0.25) is 0 Å². The summed E-state index contributed by atoms with van der Waals surface area (Å²) in [7, 11) is 0. The van der Waals surface area contributed by atoms with Gasteiger partial charge in [0.1, 0.15) is 10.6 Å². The van der Waals surface area contributed by atoms with Gasteiger partial charge in [-0.3, -0.25) is 4.79 Å². The number of ether oxygens (including phenoxy) is 1. The van der Waals surface area contributed by atoms with Crippen molar-refractivity contribution in [3.05, 3.63) is 41.3 Å². The Morgan fingerprint density at radius 3 is 2.75 bits per heavy atom. The third-order valence-electron chi connectivity index (χ3n) is 4.59. The van der Waals surface area contributed by atoms with E-state index in [1.54, 1.807) is 0 Å². The monoisotopic (exact) mass is 344 g/mol. The van der Waals surface area contributed by atoms with Gasteiger partial charge in [-0.15, -0.1) is 11.3 Å². The third kappa shape index (κ3) is 3.32. The summed E-state index contributed by atoms with van der Waals surface area (Å²) < 4.78 is 5.74. The van der Waals surface area contributed by atoms with Crippen LogP contribution in [-0.4, -0.2) is 37.0 Å². The van der Waals surface area contributed by atoms with Gasteiger partial charge in [-0.2, -0.15) is 0 Å². The van der Waals surface area contributed by atoms with E-state index in [9.17, 15) is 4.79 Å². The number of benzene rings is 1. The van der Waals surface area contributed by atoms with Crippen molar-refractivity contribution in [2.45, 2.75) is 20.3 Å². The van der Waals surface area contributed by atoms with Crippen molar-refractivity contribution in [1.29, 1.82) is 0 Å². The summed E-state index contributed by atoms with van der Waals surface area (Å²) in [4.78, 5) is 16.7. The van der Waals surface area contributed by atoms with E-state index in [0.717, 1.165) is 23.4 Å². The van der Waals surface area contributed by atoms with Crippen molar-refractivity contribution < 1.29 is 9.53 Å². The number of nitrogens with zero attached hydrogens (tertiary/aromatic N) is 1.